The molecule has 0 bridgehead atoms. The molecule has 5 unspecified atom stereocenters. The van der Waals surface area contributed by atoms with Gasteiger partial charge in [0.25, 0.3) is 5.69 Å². The van der Waals surface area contributed by atoms with Crippen LogP contribution in [-0.2, 0) is 4.74 Å². The van der Waals surface area contributed by atoms with E-state index in [0.29, 0.717) is 0 Å². The zero-order valence-electron chi connectivity index (χ0n) is 10.6. The summed E-state index contributed by atoms with van der Waals surface area (Å²) in [6.45, 7) is 1.53. The fourth-order valence-electron chi connectivity index (χ4n) is 1.89. The van der Waals surface area contributed by atoms with Gasteiger partial charge in [0, 0.05) is 12.1 Å². The molecule has 1 aromatic carbocycles. The van der Waals surface area contributed by atoms with Gasteiger partial charge in [-0.05, 0) is 19.1 Å². The van der Waals surface area contributed by atoms with Crippen LogP contribution in [-0.4, -0.2) is 50.9 Å². The molecule has 1 heterocycles. The second kappa shape index (κ2) is 5.71. The minimum Gasteiger partial charge on any atom is -0.462 e. The highest BCUT2D eigenvalue weighted by Crippen LogP contribution is 2.25. The average Bonchev–Trinajstić information content (AvgIpc) is 2.43. The first kappa shape index (κ1) is 14.7. The zero-order valence-corrected chi connectivity index (χ0v) is 10.6. The van der Waals surface area contributed by atoms with Gasteiger partial charge in [0.05, 0.1) is 11.0 Å². The average molecular weight is 285 g/mol. The number of hydrogen-bond acceptors (Lipinski definition) is 7. The molecule has 0 aliphatic carbocycles. The topological polar surface area (TPSA) is 122 Å². The first-order valence-corrected chi connectivity index (χ1v) is 6.01. The number of aliphatic hydroxyl groups excluding tert-OH is 3. The van der Waals surface area contributed by atoms with Crippen LogP contribution >= 0.6 is 0 Å². The molecule has 110 valence electrons. The lowest BCUT2D eigenvalue weighted by Gasteiger charge is -2.38. The second-order valence-electron chi connectivity index (χ2n) is 4.55. The lowest BCUT2D eigenvalue weighted by molar-refractivity contribution is -0.384. The molecule has 1 aromatic rings. The van der Waals surface area contributed by atoms with E-state index in [4.69, 9.17) is 9.47 Å². The van der Waals surface area contributed by atoms with E-state index in [1.807, 2.05) is 0 Å². The van der Waals surface area contributed by atoms with Gasteiger partial charge in [-0.2, -0.15) is 0 Å². The number of hydrogen-bond donors (Lipinski definition) is 3. The third-order valence-electron chi connectivity index (χ3n) is 3.11. The van der Waals surface area contributed by atoms with E-state index in [-0.39, 0.29) is 11.4 Å². The quantitative estimate of drug-likeness (QED) is 0.519. The maximum absolute atomic E-state index is 10.5. The number of benzene rings is 1. The predicted octanol–water partition coefficient (Wildman–Crippen LogP) is -0.199. The summed E-state index contributed by atoms with van der Waals surface area (Å²) in [6.07, 6.45) is -5.89. The highest BCUT2D eigenvalue weighted by molar-refractivity contribution is 5.36. The predicted molar refractivity (Wildman–Crippen MR) is 66.1 cm³/mol. The Morgan fingerprint density at radius 2 is 1.75 bits per heavy atom. The van der Waals surface area contributed by atoms with Crippen LogP contribution in [0.25, 0.3) is 0 Å². The van der Waals surface area contributed by atoms with E-state index < -0.39 is 35.6 Å². The van der Waals surface area contributed by atoms with Gasteiger partial charge in [0.15, 0.2) is 0 Å². The fraction of sp³-hybridized carbons (Fsp3) is 0.500. The number of nitrogens with zero attached hydrogens (tertiary/aromatic N) is 1. The zero-order chi connectivity index (χ0) is 14.9. The van der Waals surface area contributed by atoms with Crippen molar-refractivity contribution in [2.45, 2.75) is 37.6 Å². The van der Waals surface area contributed by atoms with Crippen molar-refractivity contribution >= 4 is 5.69 Å². The molecule has 1 fully saturated rings. The summed E-state index contributed by atoms with van der Waals surface area (Å²) in [5.41, 5.74) is -0.0914. The van der Waals surface area contributed by atoms with Crippen LogP contribution in [0, 0.1) is 10.1 Å². The van der Waals surface area contributed by atoms with E-state index in [9.17, 15) is 25.4 Å². The number of non-ortho nitro benzene ring substituents is 1. The SMILES string of the molecule is CC1OC(Oc2ccc([N+](=O)[O-])cc2)C(O)C(O)C1O. The molecule has 20 heavy (non-hydrogen) atoms. The molecule has 0 spiro atoms. The maximum atomic E-state index is 10.5. The summed E-state index contributed by atoms with van der Waals surface area (Å²) < 4.78 is 10.6. The van der Waals surface area contributed by atoms with Crippen LogP contribution in [0.3, 0.4) is 0 Å². The van der Waals surface area contributed by atoms with Crippen LogP contribution in [0.1, 0.15) is 6.92 Å². The van der Waals surface area contributed by atoms with E-state index in [2.05, 4.69) is 0 Å². The number of ether oxygens (including phenoxy) is 2. The lowest BCUT2D eigenvalue weighted by atomic mass is 10.00. The summed E-state index contributed by atoms with van der Waals surface area (Å²) in [7, 11) is 0. The fourth-order valence-corrected chi connectivity index (χ4v) is 1.89. The molecule has 1 aliphatic rings. The van der Waals surface area contributed by atoms with Gasteiger partial charge < -0.3 is 24.8 Å². The van der Waals surface area contributed by atoms with Crippen molar-refractivity contribution in [1.82, 2.24) is 0 Å². The van der Waals surface area contributed by atoms with Gasteiger partial charge in [0.1, 0.15) is 24.1 Å². The summed E-state index contributed by atoms with van der Waals surface area (Å²) in [4.78, 5) is 9.97. The molecule has 0 radical (unpaired) electrons. The van der Waals surface area contributed by atoms with Crippen molar-refractivity contribution in [3.8, 4) is 5.75 Å². The maximum Gasteiger partial charge on any atom is 0.269 e. The summed E-state index contributed by atoms with van der Waals surface area (Å²) in [6, 6.07) is 5.21. The van der Waals surface area contributed by atoms with Crippen molar-refractivity contribution < 1.29 is 29.7 Å². The normalized spacial score (nSPS) is 33.7. The Morgan fingerprint density at radius 3 is 2.30 bits per heavy atom. The second-order valence-corrected chi connectivity index (χ2v) is 4.55. The van der Waals surface area contributed by atoms with Crippen LogP contribution in [0.15, 0.2) is 24.3 Å². The lowest BCUT2D eigenvalue weighted by Crippen LogP contribution is -2.58. The van der Waals surface area contributed by atoms with Crippen LogP contribution in [0.2, 0.25) is 0 Å². The Bertz CT molecular complexity index is 477. The number of nitro groups is 1. The molecule has 0 aromatic heterocycles. The van der Waals surface area contributed by atoms with E-state index in [1.165, 1.54) is 31.2 Å². The molecular formula is C12H15NO7. The molecular weight excluding hydrogens is 270 g/mol. The minimum absolute atomic E-state index is 0.0914. The van der Waals surface area contributed by atoms with E-state index in [0.717, 1.165) is 0 Å². The minimum atomic E-state index is -1.42. The largest absolute Gasteiger partial charge is 0.462 e. The number of nitro benzene ring substituents is 1. The van der Waals surface area contributed by atoms with Gasteiger partial charge >= 0.3 is 0 Å². The molecule has 5 atom stereocenters. The Hall–Kier alpha value is -1.74. The van der Waals surface area contributed by atoms with Crippen molar-refractivity contribution in [3.05, 3.63) is 34.4 Å². The molecule has 0 amide bonds. The first-order chi connectivity index (χ1) is 9.40. The smallest absolute Gasteiger partial charge is 0.269 e. The summed E-state index contributed by atoms with van der Waals surface area (Å²) >= 11 is 0. The van der Waals surface area contributed by atoms with Crippen LogP contribution < -0.4 is 4.74 Å². The highest BCUT2D eigenvalue weighted by Gasteiger charge is 2.43. The standard InChI is InChI=1S/C12H15NO7/c1-6-9(14)10(15)11(16)12(19-6)20-8-4-2-7(3-5-8)13(17)18/h2-6,9-12,14-16H,1H3. The third-order valence-corrected chi connectivity index (χ3v) is 3.11. The Kier molecular flexibility index (Phi) is 4.19. The molecule has 3 N–H and O–H groups in total. The van der Waals surface area contributed by atoms with Crippen LogP contribution in [0.4, 0.5) is 5.69 Å². The molecule has 0 saturated carbocycles. The van der Waals surface area contributed by atoms with Gasteiger partial charge in [-0.25, -0.2) is 0 Å². The molecule has 1 saturated heterocycles. The van der Waals surface area contributed by atoms with Crippen molar-refractivity contribution in [1.29, 1.82) is 0 Å². The first-order valence-electron chi connectivity index (χ1n) is 6.01. The highest BCUT2D eigenvalue weighted by atomic mass is 16.7. The van der Waals surface area contributed by atoms with Gasteiger partial charge in [0.2, 0.25) is 6.29 Å². The van der Waals surface area contributed by atoms with Crippen LogP contribution in [0.5, 0.6) is 5.75 Å². The van der Waals surface area contributed by atoms with Gasteiger partial charge in [-0.1, -0.05) is 0 Å². The molecule has 1 aliphatic heterocycles. The van der Waals surface area contributed by atoms with E-state index >= 15 is 0 Å². The molecule has 8 nitrogen and oxygen atoms in total. The summed E-state index contributed by atoms with van der Waals surface area (Å²) in [5.74, 6) is 0.246. The van der Waals surface area contributed by atoms with Gasteiger partial charge in [-0.3, -0.25) is 10.1 Å². The van der Waals surface area contributed by atoms with Gasteiger partial charge in [-0.15, -0.1) is 0 Å². The Balaban J connectivity index is 2.07. The van der Waals surface area contributed by atoms with Crippen molar-refractivity contribution in [2.24, 2.45) is 0 Å². The van der Waals surface area contributed by atoms with Crippen molar-refractivity contribution in [3.63, 3.8) is 0 Å². The Labute approximate surface area is 114 Å². The Morgan fingerprint density at radius 1 is 1.15 bits per heavy atom. The number of aliphatic hydroxyl groups is 3. The summed E-state index contributed by atoms with van der Waals surface area (Å²) in [5, 5.41) is 39.4. The van der Waals surface area contributed by atoms with E-state index in [1.54, 1.807) is 0 Å². The molecule has 2 rings (SSSR count). The number of rotatable bonds is 3. The monoisotopic (exact) mass is 285 g/mol. The van der Waals surface area contributed by atoms with Crippen molar-refractivity contribution in [2.75, 3.05) is 0 Å². The molecule has 8 heteroatoms. The third kappa shape index (κ3) is 2.88.